The third kappa shape index (κ3) is 3.50. The molecule has 19 heavy (non-hydrogen) atoms. The summed E-state index contributed by atoms with van der Waals surface area (Å²) in [6, 6.07) is 8.89. The molecule has 0 saturated heterocycles. The lowest BCUT2D eigenvalue weighted by atomic mass is 9.77. The van der Waals surface area contributed by atoms with Crippen LogP contribution in [0.4, 0.5) is 0 Å². The number of para-hydroxylation sites is 1. The van der Waals surface area contributed by atoms with Gasteiger partial charge in [0, 0.05) is 11.6 Å². The van der Waals surface area contributed by atoms with E-state index in [2.05, 4.69) is 37.4 Å². The van der Waals surface area contributed by atoms with Crippen LogP contribution in [0, 0.1) is 11.8 Å². The highest BCUT2D eigenvalue weighted by Crippen LogP contribution is 2.39. The fourth-order valence-electron chi connectivity index (χ4n) is 3.29. The molecule has 0 aromatic heterocycles. The monoisotopic (exact) mass is 261 g/mol. The molecule has 1 fully saturated rings. The predicted molar refractivity (Wildman–Crippen MR) is 80.5 cm³/mol. The van der Waals surface area contributed by atoms with Crippen LogP contribution in [-0.4, -0.2) is 13.7 Å². The Morgan fingerprint density at radius 2 is 1.89 bits per heavy atom. The lowest BCUT2D eigenvalue weighted by Gasteiger charge is -2.34. The van der Waals surface area contributed by atoms with Gasteiger partial charge in [-0.05, 0) is 37.3 Å². The van der Waals surface area contributed by atoms with E-state index in [1.54, 1.807) is 7.11 Å². The van der Waals surface area contributed by atoms with Gasteiger partial charge in [-0.3, -0.25) is 0 Å². The molecule has 0 heterocycles. The SMILES string of the molecule is CCNC(c1ccccc1OC)C1CCC(C)CC1. The van der Waals surface area contributed by atoms with Crippen molar-refractivity contribution in [1.29, 1.82) is 0 Å². The van der Waals surface area contributed by atoms with Gasteiger partial charge < -0.3 is 10.1 Å². The summed E-state index contributed by atoms with van der Waals surface area (Å²) < 4.78 is 5.54. The first-order valence-corrected chi connectivity index (χ1v) is 7.62. The average Bonchev–Trinajstić information content (AvgIpc) is 2.46. The van der Waals surface area contributed by atoms with Gasteiger partial charge in [0.05, 0.1) is 7.11 Å². The summed E-state index contributed by atoms with van der Waals surface area (Å²) >= 11 is 0. The fraction of sp³-hybridized carbons (Fsp3) is 0.647. The van der Waals surface area contributed by atoms with E-state index in [4.69, 9.17) is 4.74 Å². The highest BCUT2D eigenvalue weighted by Gasteiger charge is 2.28. The molecule has 2 heteroatoms. The highest BCUT2D eigenvalue weighted by atomic mass is 16.5. The molecule has 1 saturated carbocycles. The van der Waals surface area contributed by atoms with Gasteiger partial charge in [-0.1, -0.05) is 44.9 Å². The van der Waals surface area contributed by atoms with Crippen LogP contribution in [0.25, 0.3) is 0 Å². The van der Waals surface area contributed by atoms with Crippen LogP contribution in [0.3, 0.4) is 0 Å². The van der Waals surface area contributed by atoms with E-state index in [9.17, 15) is 0 Å². The van der Waals surface area contributed by atoms with E-state index in [1.807, 2.05) is 6.07 Å². The van der Waals surface area contributed by atoms with Crippen LogP contribution >= 0.6 is 0 Å². The van der Waals surface area contributed by atoms with Crippen molar-refractivity contribution >= 4 is 0 Å². The van der Waals surface area contributed by atoms with Crippen LogP contribution in [0.5, 0.6) is 5.75 Å². The van der Waals surface area contributed by atoms with Gasteiger partial charge in [0.25, 0.3) is 0 Å². The van der Waals surface area contributed by atoms with E-state index in [0.29, 0.717) is 6.04 Å². The standard InChI is InChI=1S/C17H27NO/c1-4-18-17(14-11-9-13(2)10-12-14)15-7-5-6-8-16(15)19-3/h5-8,13-14,17-18H,4,9-12H2,1-3H3. The number of hydrogen-bond donors (Lipinski definition) is 1. The number of hydrogen-bond acceptors (Lipinski definition) is 2. The normalized spacial score (nSPS) is 25.0. The molecule has 1 aliphatic rings. The Labute approximate surface area is 117 Å². The van der Waals surface area contributed by atoms with Crippen molar-refractivity contribution in [2.75, 3.05) is 13.7 Å². The van der Waals surface area contributed by atoms with E-state index >= 15 is 0 Å². The molecule has 1 aromatic carbocycles. The molecule has 2 rings (SSSR count). The third-order valence-electron chi connectivity index (χ3n) is 4.43. The van der Waals surface area contributed by atoms with Crippen molar-refractivity contribution in [1.82, 2.24) is 5.32 Å². The van der Waals surface area contributed by atoms with Crippen LogP contribution < -0.4 is 10.1 Å². The Kier molecular flexibility index (Phi) is 5.26. The fourth-order valence-corrected chi connectivity index (χ4v) is 3.29. The van der Waals surface area contributed by atoms with Crippen molar-refractivity contribution < 1.29 is 4.74 Å². The quantitative estimate of drug-likeness (QED) is 0.859. The van der Waals surface area contributed by atoms with Crippen LogP contribution in [-0.2, 0) is 0 Å². The van der Waals surface area contributed by atoms with Crippen molar-refractivity contribution in [3.05, 3.63) is 29.8 Å². The van der Waals surface area contributed by atoms with Crippen molar-refractivity contribution in [2.45, 2.75) is 45.6 Å². The molecule has 1 aliphatic carbocycles. The van der Waals surface area contributed by atoms with Gasteiger partial charge in [-0.15, -0.1) is 0 Å². The Bertz CT molecular complexity index is 383. The molecule has 0 spiro atoms. The molecule has 106 valence electrons. The van der Waals surface area contributed by atoms with E-state index < -0.39 is 0 Å². The molecular formula is C17H27NO. The van der Waals surface area contributed by atoms with Gasteiger partial charge in [-0.2, -0.15) is 0 Å². The summed E-state index contributed by atoms with van der Waals surface area (Å²) in [5.74, 6) is 2.66. The molecule has 0 radical (unpaired) electrons. The predicted octanol–water partition coefficient (Wildman–Crippen LogP) is 4.17. The Balaban J connectivity index is 2.19. The minimum Gasteiger partial charge on any atom is -0.496 e. The lowest BCUT2D eigenvalue weighted by molar-refractivity contribution is 0.230. The summed E-state index contributed by atoms with van der Waals surface area (Å²) in [5.41, 5.74) is 1.33. The number of nitrogens with one attached hydrogen (secondary N) is 1. The first kappa shape index (κ1) is 14.4. The zero-order valence-electron chi connectivity index (χ0n) is 12.5. The highest BCUT2D eigenvalue weighted by molar-refractivity contribution is 5.36. The van der Waals surface area contributed by atoms with E-state index in [1.165, 1.54) is 31.2 Å². The molecule has 0 bridgehead atoms. The number of ether oxygens (including phenoxy) is 1. The number of methoxy groups -OCH3 is 1. The van der Waals surface area contributed by atoms with Crippen molar-refractivity contribution in [3.8, 4) is 5.75 Å². The molecule has 1 N–H and O–H groups in total. The number of benzene rings is 1. The van der Waals surface area contributed by atoms with Gasteiger partial charge in [0.15, 0.2) is 0 Å². The third-order valence-corrected chi connectivity index (χ3v) is 4.43. The van der Waals surface area contributed by atoms with Crippen LogP contribution in [0.2, 0.25) is 0 Å². The maximum Gasteiger partial charge on any atom is 0.123 e. The average molecular weight is 261 g/mol. The van der Waals surface area contributed by atoms with Crippen molar-refractivity contribution in [2.24, 2.45) is 11.8 Å². The minimum atomic E-state index is 0.439. The second-order valence-corrected chi connectivity index (χ2v) is 5.80. The van der Waals surface area contributed by atoms with Gasteiger partial charge >= 0.3 is 0 Å². The summed E-state index contributed by atoms with van der Waals surface area (Å²) in [4.78, 5) is 0. The minimum absolute atomic E-state index is 0.439. The summed E-state index contributed by atoms with van der Waals surface area (Å²) in [5, 5.41) is 3.68. The number of rotatable bonds is 5. The van der Waals surface area contributed by atoms with Gasteiger partial charge in [0.2, 0.25) is 0 Å². The topological polar surface area (TPSA) is 21.3 Å². The maximum absolute atomic E-state index is 5.54. The first-order valence-electron chi connectivity index (χ1n) is 7.62. The molecule has 0 amide bonds. The van der Waals surface area contributed by atoms with Crippen LogP contribution in [0.1, 0.15) is 51.1 Å². The largest absolute Gasteiger partial charge is 0.496 e. The van der Waals surface area contributed by atoms with Crippen molar-refractivity contribution in [3.63, 3.8) is 0 Å². The molecule has 2 nitrogen and oxygen atoms in total. The van der Waals surface area contributed by atoms with Crippen LogP contribution in [0.15, 0.2) is 24.3 Å². The second kappa shape index (κ2) is 6.95. The summed E-state index contributed by atoms with van der Waals surface area (Å²) in [6.07, 6.45) is 5.39. The first-order chi connectivity index (χ1) is 9.26. The Morgan fingerprint density at radius 1 is 1.21 bits per heavy atom. The zero-order valence-corrected chi connectivity index (χ0v) is 12.5. The molecule has 1 unspecified atom stereocenters. The van der Waals surface area contributed by atoms with E-state index in [0.717, 1.165) is 24.1 Å². The Hall–Kier alpha value is -1.02. The molecular weight excluding hydrogens is 234 g/mol. The Morgan fingerprint density at radius 3 is 2.53 bits per heavy atom. The zero-order chi connectivity index (χ0) is 13.7. The molecule has 0 aliphatic heterocycles. The summed E-state index contributed by atoms with van der Waals surface area (Å²) in [7, 11) is 1.77. The van der Waals surface area contributed by atoms with Gasteiger partial charge in [0.1, 0.15) is 5.75 Å². The molecule has 1 atom stereocenters. The summed E-state index contributed by atoms with van der Waals surface area (Å²) in [6.45, 7) is 5.57. The molecule has 1 aromatic rings. The second-order valence-electron chi connectivity index (χ2n) is 5.80. The smallest absolute Gasteiger partial charge is 0.123 e. The maximum atomic E-state index is 5.54. The van der Waals surface area contributed by atoms with Gasteiger partial charge in [-0.25, -0.2) is 0 Å². The lowest BCUT2D eigenvalue weighted by Crippen LogP contribution is -2.31. The van der Waals surface area contributed by atoms with E-state index in [-0.39, 0.29) is 0 Å².